The third-order valence-corrected chi connectivity index (χ3v) is 11.8. The number of rotatable bonds is 50. The standard InChI is InChI=1S/C62H104O6/c1-4-7-10-13-16-19-22-25-28-31-34-37-40-43-46-49-52-55-61(64)67-58-59(57-66-60(63)54-51-48-45-42-39-36-33-30-27-24-21-18-15-12-9-6-3)68-62(65)56-53-50-47-44-41-38-35-32-29-26-23-20-17-14-11-8-5-2/h7,10,16-17,19-21,24-26,28-30,33-34,37,59H,4-6,8-9,11-15,18,22-23,27,31-32,35-36,38-58H2,1-3H3/b10-7-,19-16-,20-17-,24-21-,28-25-,29-26-,33-30-,37-34-. The van der Waals surface area contributed by atoms with E-state index in [1.165, 1.54) is 83.5 Å². The lowest BCUT2D eigenvalue weighted by molar-refractivity contribution is -0.167. The zero-order chi connectivity index (χ0) is 49.3. The average Bonchev–Trinajstić information content (AvgIpc) is 3.34. The maximum Gasteiger partial charge on any atom is 0.306 e. The van der Waals surface area contributed by atoms with Crippen LogP contribution in [0.25, 0.3) is 0 Å². The second-order valence-corrected chi connectivity index (χ2v) is 18.5. The Morgan fingerprint density at radius 1 is 0.309 bits per heavy atom. The van der Waals surface area contributed by atoms with E-state index in [-0.39, 0.29) is 31.1 Å². The van der Waals surface area contributed by atoms with Crippen LogP contribution in [0.5, 0.6) is 0 Å². The number of carbonyl (C=O) groups is 3. The van der Waals surface area contributed by atoms with Crippen molar-refractivity contribution in [3.63, 3.8) is 0 Å². The van der Waals surface area contributed by atoms with Crippen LogP contribution in [0.15, 0.2) is 97.2 Å². The molecule has 0 aliphatic carbocycles. The summed E-state index contributed by atoms with van der Waals surface area (Å²) in [5, 5.41) is 0. The van der Waals surface area contributed by atoms with Crippen molar-refractivity contribution in [3.05, 3.63) is 97.2 Å². The Labute approximate surface area is 419 Å². The van der Waals surface area contributed by atoms with Gasteiger partial charge in [0.1, 0.15) is 13.2 Å². The van der Waals surface area contributed by atoms with E-state index in [1.807, 2.05) is 0 Å². The molecule has 0 saturated carbocycles. The minimum absolute atomic E-state index is 0.0968. The molecule has 68 heavy (non-hydrogen) atoms. The van der Waals surface area contributed by atoms with Crippen LogP contribution in [0.4, 0.5) is 0 Å². The van der Waals surface area contributed by atoms with Gasteiger partial charge in [-0.15, -0.1) is 0 Å². The van der Waals surface area contributed by atoms with Crippen LogP contribution < -0.4 is 0 Å². The average molecular weight is 946 g/mol. The van der Waals surface area contributed by atoms with Crippen molar-refractivity contribution in [2.24, 2.45) is 0 Å². The summed E-state index contributed by atoms with van der Waals surface area (Å²) >= 11 is 0. The van der Waals surface area contributed by atoms with Crippen molar-refractivity contribution in [2.75, 3.05) is 13.2 Å². The van der Waals surface area contributed by atoms with E-state index in [0.717, 1.165) is 135 Å². The van der Waals surface area contributed by atoms with Crippen molar-refractivity contribution in [1.82, 2.24) is 0 Å². The monoisotopic (exact) mass is 945 g/mol. The third kappa shape index (κ3) is 53.3. The van der Waals surface area contributed by atoms with Gasteiger partial charge < -0.3 is 14.2 Å². The normalized spacial score (nSPS) is 12.8. The molecule has 0 heterocycles. The predicted molar refractivity (Wildman–Crippen MR) is 293 cm³/mol. The molecular weight excluding hydrogens is 841 g/mol. The molecule has 0 saturated heterocycles. The number of carbonyl (C=O) groups excluding carboxylic acids is 3. The molecule has 0 radical (unpaired) electrons. The summed E-state index contributed by atoms with van der Waals surface area (Å²) < 4.78 is 16.8. The van der Waals surface area contributed by atoms with E-state index in [1.54, 1.807) is 0 Å². The molecule has 0 aromatic heterocycles. The Morgan fingerprint density at radius 2 is 0.574 bits per heavy atom. The van der Waals surface area contributed by atoms with Gasteiger partial charge in [0.2, 0.25) is 0 Å². The first kappa shape index (κ1) is 64.3. The van der Waals surface area contributed by atoms with Crippen molar-refractivity contribution < 1.29 is 28.6 Å². The van der Waals surface area contributed by atoms with Gasteiger partial charge >= 0.3 is 17.9 Å². The molecule has 0 N–H and O–H groups in total. The lowest BCUT2D eigenvalue weighted by Crippen LogP contribution is -2.30. The Bertz CT molecular complexity index is 1360. The highest BCUT2D eigenvalue weighted by Gasteiger charge is 2.19. The van der Waals surface area contributed by atoms with E-state index in [9.17, 15) is 14.4 Å². The van der Waals surface area contributed by atoms with E-state index in [0.29, 0.717) is 19.3 Å². The molecule has 0 aliphatic heterocycles. The number of hydrogen-bond acceptors (Lipinski definition) is 6. The fourth-order valence-electron chi connectivity index (χ4n) is 7.55. The fraction of sp³-hybridized carbons (Fsp3) is 0.694. The highest BCUT2D eigenvalue weighted by atomic mass is 16.6. The predicted octanol–water partition coefficient (Wildman–Crippen LogP) is 18.9. The summed E-state index contributed by atoms with van der Waals surface area (Å²) in [6.07, 6.45) is 73.8. The first-order valence-electron chi connectivity index (χ1n) is 28.2. The van der Waals surface area contributed by atoms with E-state index in [2.05, 4.69) is 118 Å². The van der Waals surface area contributed by atoms with Crippen LogP contribution in [0.3, 0.4) is 0 Å². The Kier molecular flexibility index (Phi) is 52.9. The van der Waals surface area contributed by atoms with Gasteiger partial charge in [0, 0.05) is 19.3 Å². The van der Waals surface area contributed by atoms with E-state index < -0.39 is 6.10 Å². The number of esters is 3. The lowest BCUT2D eigenvalue weighted by atomic mass is 10.1. The zero-order valence-corrected chi connectivity index (χ0v) is 44.3. The van der Waals surface area contributed by atoms with Gasteiger partial charge in [-0.1, -0.05) is 214 Å². The van der Waals surface area contributed by atoms with Crippen LogP contribution in [0.1, 0.15) is 258 Å². The largest absolute Gasteiger partial charge is 0.462 e. The van der Waals surface area contributed by atoms with Crippen LogP contribution >= 0.6 is 0 Å². The molecule has 0 bridgehead atoms. The van der Waals surface area contributed by atoms with Crippen molar-refractivity contribution in [1.29, 1.82) is 0 Å². The molecule has 6 nitrogen and oxygen atoms in total. The van der Waals surface area contributed by atoms with Crippen molar-refractivity contribution in [3.8, 4) is 0 Å². The van der Waals surface area contributed by atoms with Gasteiger partial charge in [-0.3, -0.25) is 14.4 Å². The minimum Gasteiger partial charge on any atom is -0.462 e. The molecule has 0 aliphatic rings. The molecule has 0 aromatic carbocycles. The Hall–Kier alpha value is -3.67. The number of allylic oxidation sites excluding steroid dienone is 16. The van der Waals surface area contributed by atoms with Gasteiger partial charge in [-0.05, 0) is 122 Å². The smallest absolute Gasteiger partial charge is 0.306 e. The molecule has 6 heteroatoms. The molecule has 1 atom stereocenters. The maximum atomic E-state index is 12.9. The van der Waals surface area contributed by atoms with Crippen molar-refractivity contribution in [2.45, 2.75) is 264 Å². The molecule has 0 amide bonds. The van der Waals surface area contributed by atoms with Crippen molar-refractivity contribution >= 4 is 17.9 Å². The van der Waals surface area contributed by atoms with Crippen LogP contribution in [0, 0.1) is 0 Å². The second kappa shape index (κ2) is 55.9. The first-order chi connectivity index (χ1) is 33.5. The molecule has 0 fully saturated rings. The highest BCUT2D eigenvalue weighted by molar-refractivity contribution is 5.71. The van der Waals surface area contributed by atoms with E-state index in [4.69, 9.17) is 14.2 Å². The molecule has 0 spiro atoms. The quantitative estimate of drug-likeness (QED) is 0.0262. The van der Waals surface area contributed by atoms with E-state index >= 15 is 0 Å². The Morgan fingerprint density at radius 3 is 0.926 bits per heavy atom. The lowest BCUT2D eigenvalue weighted by Gasteiger charge is -2.18. The van der Waals surface area contributed by atoms with Crippen LogP contribution in [-0.4, -0.2) is 37.2 Å². The van der Waals surface area contributed by atoms with Gasteiger partial charge in [0.05, 0.1) is 0 Å². The summed E-state index contributed by atoms with van der Waals surface area (Å²) in [7, 11) is 0. The second-order valence-electron chi connectivity index (χ2n) is 18.5. The van der Waals surface area contributed by atoms with Gasteiger partial charge in [0.15, 0.2) is 6.10 Å². The molecule has 1 unspecified atom stereocenters. The SMILES string of the molecule is CC/C=C\C/C=C\C/C=C\C/C=C\CCCCCCC(=O)OCC(COC(=O)CCCCCCC/C=C\C/C=C\CCCCCC)OC(=O)CCCCCCCCC/C=C\C/C=C\CCCCC. The summed E-state index contributed by atoms with van der Waals surface area (Å²) in [5.74, 6) is -0.939. The highest BCUT2D eigenvalue weighted by Crippen LogP contribution is 2.14. The van der Waals surface area contributed by atoms with Gasteiger partial charge in [-0.2, -0.15) is 0 Å². The molecular formula is C62H104O6. The topological polar surface area (TPSA) is 78.9 Å². The number of hydrogen-bond donors (Lipinski definition) is 0. The summed E-state index contributed by atoms with van der Waals surface area (Å²) in [5.41, 5.74) is 0. The minimum atomic E-state index is -0.799. The molecule has 388 valence electrons. The zero-order valence-electron chi connectivity index (χ0n) is 44.3. The number of unbranched alkanes of at least 4 members (excludes halogenated alkanes) is 23. The summed E-state index contributed by atoms with van der Waals surface area (Å²) in [6, 6.07) is 0. The fourth-order valence-corrected chi connectivity index (χ4v) is 7.55. The summed E-state index contributed by atoms with van der Waals surface area (Å²) in [4.78, 5) is 38.1. The van der Waals surface area contributed by atoms with Gasteiger partial charge in [0.25, 0.3) is 0 Å². The summed E-state index contributed by atoms with van der Waals surface area (Å²) in [6.45, 7) is 6.45. The molecule has 0 rings (SSSR count). The van der Waals surface area contributed by atoms with Crippen LogP contribution in [0.2, 0.25) is 0 Å². The first-order valence-corrected chi connectivity index (χ1v) is 28.2. The van der Waals surface area contributed by atoms with Crippen LogP contribution in [-0.2, 0) is 28.6 Å². The molecule has 0 aromatic rings. The van der Waals surface area contributed by atoms with Gasteiger partial charge in [-0.25, -0.2) is 0 Å². The maximum absolute atomic E-state index is 12.9. The Balaban J connectivity index is 4.48. The number of ether oxygens (including phenoxy) is 3. The third-order valence-electron chi connectivity index (χ3n) is 11.8.